The van der Waals surface area contributed by atoms with Gasteiger partial charge in [-0.1, -0.05) is 26.2 Å². The molecule has 0 heterocycles. The van der Waals surface area contributed by atoms with Gasteiger partial charge in [0.15, 0.2) is 0 Å². The molecule has 0 fully saturated rings. The van der Waals surface area contributed by atoms with Crippen LogP contribution in [-0.4, -0.2) is 34.4 Å². The predicted octanol–water partition coefficient (Wildman–Crippen LogP) is 2.94. The SMILES string of the molecule is CCCC(S)CCO.OCCCCCCS. The second-order valence-electron chi connectivity index (χ2n) is 3.82. The van der Waals surface area contributed by atoms with Gasteiger partial charge in [0.25, 0.3) is 0 Å². The van der Waals surface area contributed by atoms with Crippen molar-refractivity contribution in [2.75, 3.05) is 19.0 Å². The fourth-order valence-corrected chi connectivity index (χ4v) is 1.80. The van der Waals surface area contributed by atoms with Gasteiger partial charge < -0.3 is 10.2 Å². The maximum atomic E-state index is 8.41. The number of unbranched alkanes of at least 4 members (excludes halogenated alkanes) is 3. The first kappa shape index (κ1) is 19.0. The van der Waals surface area contributed by atoms with E-state index in [2.05, 4.69) is 32.2 Å². The molecule has 0 aliphatic carbocycles. The Hall–Kier alpha value is 0.620. The van der Waals surface area contributed by atoms with Crippen molar-refractivity contribution < 1.29 is 10.2 Å². The topological polar surface area (TPSA) is 40.5 Å². The lowest BCUT2D eigenvalue weighted by molar-refractivity contribution is 0.283. The standard InChI is InChI=1S/2C6H14OS/c1-2-3-6(8)4-5-7;7-5-3-1-2-4-6-8/h6-8H,2-5H2,1H3;7-8H,1-6H2. The van der Waals surface area contributed by atoms with Crippen LogP contribution in [0.5, 0.6) is 0 Å². The van der Waals surface area contributed by atoms with Gasteiger partial charge in [0, 0.05) is 18.5 Å². The highest BCUT2D eigenvalue weighted by Crippen LogP contribution is 2.07. The molecule has 2 nitrogen and oxygen atoms in total. The van der Waals surface area contributed by atoms with Gasteiger partial charge in [-0.15, -0.1) is 0 Å². The first-order chi connectivity index (χ1) is 7.72. The van der Waals surface area contributed by atoms with Gasteiger partial charge >= 0.3 is 0 Å². The summed E-state index contributed by atoms with van der Waals surface area (Å²) < 4.78 is 0. The Bertz CT molecular complexity index is 101. The molecule has 1 atom stereocenters. The Morgan fingerprint density at radius 1 is 0.938 bits per heavy atom. The lowest BCUT2D eigenvalue weighted by Crippen LogP contribution is -1.99. The van der Waals surface area contributed by atoms with E-state index in [-0.39, 0.29) is 6.61 Å². The number of hydrogen-bond acceptors (Lipinski definition) is 4. The van der Waals surface area contributed by atoms with Gasteiger partial charge in [-0.3, -0.25) is 0 Å². The van der Waals surface area contributed by atoms with Crippen molar-refractivity contribution in [2.45, 2.75) is 57.1 Å². The molecular formula is C12H28O2S2. The third kappa shape index (κ3) is 20.1. The monoisotopic (exact) mass is 268 g/mol. The summed E-state index contributed by atoms with van der Waals surface area (Å²) in [6, 6.07) is 0. The van der Waals surface area contributed by atoms with Crippen LogP contribution >= 0.6 is 25.3 Å². The van der Waals surface area contributed by atoms with E-state index in [9.17, 15) is 0 Å². The summed E-state index contributed by atoms with van der Waals surface area (Å²) in [5.41, 5.74) is 0. The summed E-state index contributed by atoms with van der Waals surface area (Å²) in [4.78, 5) is 0. The second kappa shape index (κ2) is 18.0. The van der Waals surface area contributed by atoms with Crippen LogP contribution in [-0.2, 0) is 0 Å². The van der Waals surface area contributed by atoms with Crippen molar-refractivity contribution in [3.05, 3.63) is 0 Å². The van der Waals surface area contributed by atoms with Crippen molar-refractivity contribution >= 4 is 25.3 Å². The van der Waals surface area contributed by atoms with E-state index < -0.39 is 0 Å². The highest BCUT2D eigenvalue weighted by molar-refractivity contribution is 7.81. The molecule has 0 aromatic rings. The average molecular weight is 268 g/mol. The Morgan fingerprint density at radius 2 is 1.56 bits per heavy atom. The lowest BCUT2D eigenvalue weighted by Gasteiger charge is -2.04. The molecule has 0 amide bonds. The van der Waals surface area contributed by atoms with E-state index in [0.29, 0.717) is 11.9 Å². The summed E-state index contributed by atoms with van der Waals surface area (Å²) in [5.74, 6) is 0.978. The maximum absolute atomic E-state index is 8.41. The molecule has 0 spiro atoms. The number of hydrogen-bond donors (Lipinski definition) is 4. The molecule has 2 N–H and O–H groups in total. The van der Waals surface area contributed by atoms with Crippen molar-refractivity contribution in [3.63, 3.8) is 0 Å². The minimum Gasteiger partial charge on any atom is -0.396 e. The molecule has 0 rings (SSSR count). The van der Waals surface area contributed by atoms with Gasteiger partial charge in [-0.25, -0.2) is 0 Å². The van der Waals surface area contributed by atoms with Crippen molar-refractivity contribution in [1.82, 2.24) is 0 Å². The van der Waals surface area contributed by atoms with E-state index >= 15 is 0 Å². The molecule has 0 saturated heterocycles. The normalized spacial score (nSPS) is 11.8. The molecule has 16 heavy (non-hydrogen) atoms. The quantitative estimate of drug-likeness (QED) is 0.384. The summed E-state index contributed by atoms with van der Waals surface area (Å²) in [6.45, 7) is 2.74. The molecule has 100 valence electrons. The van der Waals surface area contributed by atoms with Gasteiger partial charge in [-0.2, -0.15) is 25.3 Å². The molecule has 0 saturated carbocycles. The van der Waals surface area contributed by atoms with Crippen LogP contribution in [0.1, 0.15) is 51.9 Å². The second-order valence-corrected chi connectivity index (χ2v) is 4.99. The fraction of sp³-hybridized carbons (Fsp3) is 1.00. The van der Waals surface area contributed by atoms with Crippen LogP contribution in [0.4, 0.5) is 0 Å². The Morgan fingerprint density at radius 3 is 2.00 bits per heavy atom. The van der Waals surface area contributed by atoms with Gasteiger partial charge in [-0.05, 0) is 31.4 Å². The van der Waals surface area contributed by atoms with Gasteiger partial charge in [0.1, 0.15) is 0 Å². The van der Waals surface area contributed by atoms with Crippen molar-refractivity contribution in [2.24, 2.45) is 0 Å². The summed E-state index contributed by atoms with van der Waals surface area (Å²) in [6.07, 6.45) is 7.60. The smallest absolute Gasteiger partial charge is 0.0441 e. The summed E-state index contributed by atoms with van der Waals surface area (Å²) >= 11 is 8.29. The molecule has 0 radical (unpaired) electrons. The maximum Gasteiger partial charge on any atom is 0.0441 e. The first-order valence-corrected chi connectivity index (χ1v) is 7.38. The van der Waals surface area contributed by atoms with Crippen LogP contribution < -0.4 is 0 Å². The third-order valence-corrected chi connectivity index (χ3v) is 2.98. The average Bonchev–Trinajstić information content (AvgIpc) is 2.26. The van der Waals surface area contributed by atoms with Crippen molar-refractivity contribution in [3.8, 4) is 0 Å². The molecule has 0 bridgehead atoms. The van der Waals surface area contributed by atoms with Crippen molar-refractivity contribution in [1.29, 1.82) is 0 Å². The molecule has 0 aromatic heterocycles. The largest absolute Gasteiger partial charge is 0.396 e. The molecule has 0 aromatic carbocycles. The number of thiol groups is 2. The molecule has 0 aliphatic rings. The van der Waals surface area contributed by atoms with Crippen LogP contribution in [0.25, 0.3) is 0 Å². The van der Waals surface area contributed by atoms with Gasteiger partial charge in [0.05, 0.1) is 0 Å². The number of aliphatic hydroxyl groups is 2. The number of rotatable bonds is 9. The zero-order chi connectivity index (χ0) is 12.6. The van der Waals surface area contributed by atoms with Crippen LogP contribution in [0, 0.1) is 0 Å². The Labute approximate surface area is 112 Å². The van der Waals surface area contributed by atoms with Crippen LogP contribution in [0.3, 0.4) is 0 Å². The number of aliphatic hydroxyl groups excluding tert-OH is 2. The highest BCUT2D eigenvalue weighted by Gasteiger charge is 1.97. The lowest BCUT2D eigenvalue weighted by atomic mass is 10.2. The minimum absolute atomic E-state index is 0.272. The predicted molar refractivity (Wildman–Crippen MR) is 78.8 cm³/mol. The van der Waals surface area contributed by atoms with Gasteiger partial charge in [0.2, 0.25) is 0 Å². The Balaban J connectivity index is 0. The van der Waals surface area contributed by atoms with E-state index in [1.807, 2.05) is 0 Å². The molecular weight excluding hydrogens is 240 g/mol. The summed E-state index contributed by atoms with van der Waals surface area (Å²) in [5, 5.41) is 17.2. The fourth-order valence-electron chi connectivity index (χ4n) is 1.20. The van der Waals surface area contributed by atoms with Crippen LogP contribution in [0.15, 0.2) is 0 Å². The molecule has 1 unspecified atom stereocenters. The summed E-state index contributed by atoms with van der Waals surface area (Å²) in [7, 11) is 0. The molecule has 0 aliphatic heterocycles. The van der Waals surface area contributed by atoms with E-state index in [1.165, 1.54) is 12.8 Å². The molecule has 4 heteroatoms. The third-order valence-electron chi connectivity index (χ3n) is 2.15. The first-order valence-electron chi connectivity index (χ1n) is 6.23. The van der Waals surface area contributed by atoms with Crippen LogP contribution in [0.2, 0.25) is 0 Å². The zero-order valence-electron chi connectivity index (χ0n) is 10.4. The zero-order valence-corrected chi connectivity index (χ0v) is 12.2. The van der Waals surface area contributed by atoms with E-state index in [4.69, 9.17) is 10.2 Å². The van der Waals surface area contributed by atoms with E-state index in [1.54, 1.807) is 0 Å². The Kier molecular flexibility index (Phi) is 21.3. The minimum atomic E-state index is 0.272. The highest BCUT2D eigenvalue weighted by atomic mass is 32.1. The van der Waals surface area contributed by atoms with E-state index in [0.717, 1.165) is 37.9 Å².